The summed E-state index contributed by atoms with van der Waals surface area (Å²) in [6.45, 7) is 1.99. The molecule has 0 N–H and O–H groups in total. The first-order valence-corrected chi connectivity index (χ1v) is 6.80. The first-order valence-electron chi connectivity index (χ1n) is 6.42. The zero-order valence-corrected chi connectivity index (χ0v) is 11.2. The molecule has 3 rings (SSSR count). The molecule has 2 atom stereocenters. The zero-order chi connectivity index (χ0) is 12.7. The summed E-state index contributed by atoms with van der Waals surface area (Å²) in [5.74, 6) is 0.160. The maximum absolute atomic E-state index is 12.5. The van der Waals surface area contributed by atoms with E-state index in [1.165, 1.54) is 0 Å². The van der Waals surface area contributed by atoms with Crippen LogP contribution in [0, 0.1) is 0 Å². The van der Waals surface area contributed by atoms with Gasteiger partial charge in [0.1, 0.15) is 0 Å². The lowest BCUT2D eigenvalue weighted by Crippen LogP contribution is -2.54. The van der Waals surface area contributed by atoms with Crippen molar-refractivity contribution in [1.82, 2.24) is 9.80 Å². The topological polar surface area (TPSA) is 23.6 Å². The molecule has 18 heavy (non-hydrogen) atoms. The summed E-state index contributed by atoms with van der Waals surface area (Å²) < 4.78 is 0. The SMILES string of the molecule is CN1CC2CCC(C1)N2C(=O)c1ccc(Cl)cc1. The minimum Gasteiger partial charge on any atom is -0.330 e. The third-order valence-corrected chi connectivity index (χ3v) is 4.24. The maximum Gasteiger partial charge on any atom is 0.254 e. The second kappa shape index (κ2) is 4.56. The van der Waals surface area contributed by atoms with Gasteiger partial charge < -0.3 is 9.80 Å². The summed E-state index contributed by atoms with van der Waals surface area (Å²) in [4.78, 5) is 17.0. The zero-order valence-electron chi connectivity index (χ0n) is 10.5. The second-order valence-electron chi connectivity index (χ2n) is 5.33. The van der Waals surface area contributed by atoms with E-state index in [4.69, 9.17) is 11.6 Å². The van der Waals surface area contributed by atoms with Gasteiger partial charge in [0.2, 0.25) is 0 Å². The molecule has 0 aromatic heterocycles. The molecule has 2 bridgehead atoms. The Hall–Kier alpha value is -1.06. The van der Waals surface area contributed by atoms with E-state index in [0.29, 0.717) is 17.1 Å². The van der Waals surface area contributed by atoms with Gasteiger partial charge in [-0.25, -0.2) is 0 Å². The summed E-state index contributed by atoms with van der Waals surface area (Å²) in [5, 5.41) is 0.674. The van der Waals surface area contributed by atoms with Crippen molar-refractivity contribution in [3.05, 3.63) is 34.9 Å². The predicted molar refractivity (Wildman–Crippen MR) is 71.9 cm³/mol. The van der Waals surface area contributed by atoms with Crippen LogP contribution in [0.25, 0.3) is 0 Å². The molecule has 2 saturated heterocycles. The van der Waals surface area contributed by atoms with Crippen molar-refractivity contribution in [2.24, 2.45) is 0 Å². The smallest absolute Gasteiger partial charge is 0.254 e. The van der Waals surface area contributed by atoms with Gasteiger partial charge in [-0.15, -0.1) is 0 Å². The number of hydrogen-bond acceptors (Lipinski definition) is 2. The number of piperazine rings is 1. The van der Waals surface area contributed by atoms with Crippen LogP contribution in [0.4, 0.5) is 0 Å². The fraction of sp³-hybridized carbons (Fsp3) is 0.500. The third-order valence-electron chi connectivity index (χ3n) is 3.99. The number of fused-ring (bicyclic) bond motifs is 2. The number of amides is 1. The Kier molecular flexibility index (Phi) is 3.04. The summed E-state index contributed by atoms with van der Waals surface area (Å²) in [6, 6.07) is 7.98. The monoisotopic (exact) mass is 264 g/mol. The molecule has 2 fully saturated rings. The van der Waals surface area contributed by atoms with E-state index in [9.17, 15) is 4.79 Å². The molecule has 1 aromatic rings. The van der Waals surface area contributed by atoms with Crippen LogP contribution in [0.2, 0.25) is 5.02 Å². The van der Waals surface area contributed by atoms with Crippen molar-refractivity contribution in [1.29, 1.82) is 0 Å². The Labute approximate surface area is 112 Å². The summed E-state index contributed by atoms with van der Waals surface area (Å²) >= 11 is 5.86. The van der Waals surface area contributed by atoms with Crippen LogP contribution in [-0.2, 0) is 0 Å². The first-order chi connectivity index (χ1) is 8.65. The van der Waals surface area contributed by atoms with Crippen LogP contribution in [0.15, 0.2) is 24.3 Å². The van der Waals surface area contributed by atoms with Crippen LogP contribution < -0.4 is 0 Å². The molecule has 96 valence electrons. The number of likely N-dealkylation sites (N-methyl/N-ethyl adjacent to an activating group) is 1. The van der Waals surface area contributed by atoms with Crippen molar-refractivity contribution in [2.75, 3.05) is 20.1 Å². The highest BCUT2D eigenvalue weighted by Crippen LogP contribution is 2.31. The molecule has 0 spiro atoms. The van der Waals surface area contributed by atoms with Crippen molar-refractivity contribution in [3.63, 3.8) is 0 Å². The van der Waals surface area contributed by atoms with Gasteiger partial charge in [0, 0.05) is 35.8 Å². The van der Waals surface area contributed by atoms with Gasteiger partial charge >= 0.3 is 0 Å². The number of carbonyl (C=O) groups is 1. The lowest BCUT2D eigenvalue weighted by atomic mass is 10.1. The van der Waals surface area contributed by atoms with E-state index in [0.717, 1.165) is 31.5 Å². The lowest BCUT2D eigenvalue weighted by Gasteiger charge is -2.39. The van der Waals surface area contributed by atoms with Gasteiger partial charge in [0.05, 0.1) is 0 Å². The number of rotatable bonds is 1. The van der Waals surface area contributed by atoms with Crippen LogP contribution in [0.1, 0.15) is 23.2 Å². The van der Waals surface area contributed by atoms with Crippen LogP contribution in [-0.4, -0.2) is 47.9 Å². The maximum atomic E-state index is 12.5. The molecule has 3 nitrogen and oxygen atoms in total. The fourth-order valence-electron chi connectivity index (χ4n) is 3.19. The Morgan fingerprint density at radius 3 is 2.28 bits per heavy atom. The van der Waals surface area contributed by atoms with E-state index in [1.54, 1.807) is 12.1 Å². The number of benzene rings is 1. The number of nitrogens with zero attached hydrogens (tertiary/aromatic N) is 2. The van der Waals surface area contributed by atoms with Crippen molar-refractivity contribution < 1.29 is 4.79 Å². The van der Waals surface area contributed by atoms with Gasteiger partial charge in [-0.2, -0.15) is 0 Å². The highest BCUT2D eigenvalue weighted by molar-refractivity contribution is 6.30. The Balaban J connectivity index is 1.83. The Bertz CT molecular complexity index is 445. The van der Waals surface area contributed by atoms with Crippen LogP contribution >= 0.6 is 11.6 Å². The standard InChI is InChI=1S/C14H17ClN2O/c1-16-8-12-6-7-13(9-16)17(12)14(18)10-2-4-11(15)5-3-10/h2-5,12-13H,6-9H2,1H3. The molecule has 2 aliphatic heterocycles. The molecule has 4 heteroatoms. The summed E-state index contributed by atoms with van der Waals surface area (Å²) in [7, 11) is 2.13. The summed E-state index contributed by atoms with van der Waals surface area (Å²) in [6.07, 6.45) is 2.27. The number of likely N-dealkylation sites (tertiary alicyclic amines) is 1. The lowest BCUT2D eigenvalue weighted by molar-refractivity contribution is 0.0473. The normalized spacial score (nSPS) is 27.6. The third kappa shape index (κ3) is 2.02. The number of hydrogen-bond donors (Lipinski definition) is 0. The summed E-state index contributed by atoms with van der Waals surface area (Å²) in [5.41, 5.74) is 0.751. The largest absolute Gasteiger partial charge is 0.330 e. The van der Waals surface area contributed by atoms with E-state index >= 15 is 0 Å². The quantitative estimate of drug-likeness (QED) is 0.777. The van der Waals surface area contributed by atoms with E-state index in [1.807, 2.05) is 12.1 Å². The van der Waals surface area contributed by atoms with Crippen molar-refractivity contribution in [2.45, 2.75) is 24.9 Å². The number of carbonyl (C=O) groups excluding carboxylic acids is 1. The molecule has 2 unspecified atom stereocenters. The Morgan fingerprint density at radius 1 is 1.17 bits per heavy atom. The predicted octanol–water partition coefficient (Wildman–Crippen LogP) is 2.26. The molecule has 1 amide bonds. The molecular formula is C14H17ClN2O. The first kappa shape index (κ1) is 12.0. The molecule has 0 saturated carbocycles. The molecular weight excluding hydrogens is 248 g/mol. The van der Waals surface area contributed by atoms with Gasteiger partial charge in [-0.3, -0.25) is 4.79 Å². The van der Waals surface area contributed by atoms with E-state index in [-0.39, 0.29) is 5.91 Å². The number of halogens is 1. The van der Waals surface area contributed by atoms with E-state index in [2.05, 4.69) is 16.8 Å². The second-order valence-corrected chi connectivity index (χ2v) is 5.76. The average molecular weight is 265 g/mol. The van der Waals surface area contributed by atoms with E-state index < -0.39 is 0 Å². The van der Waals surface area contributed by atoms with Gasteiger partial charge in [-0.05, 0) is 44.2 Å². The van der Waals surface area contributed by atoms with Crippen LogP contribution in [0.5, 0.6) is 0 Å². The molecule has 1 aromatic carbocycles. The van der Waals surface area contributed by atoms with Crippen LogP contribution in [0.3, 0.4) is 0 Å². The van der Waals surface area contributed by atoms with Gasteiger partial charge in [-0.1, -0.05) is 11.6 Å². The average Bonchev–Trinajstić information content (AvgIpc) is 2.62. The van der Waals surface area contributed by atoms with Gasteiger partial charge in [0.15, 0.2) is 0 Å². The molecule has 0 aliphatic carbocycles. The highest BCUT2D eigenvalue weighted by atomic mass is 35.5. The Morgan fingerprint density at radius 2 is 1.72 bits per heavy atom. The molecule has 2 heterocycles. The fourth-order valence-corrected chi connectivity index (χ4v) is 3.31. The minimum atomic E-state index is 0.160. The van der Waals surface area contributed by atoms with Crippen molar-refractivity contribution >= 4 is 17.5 Å². The molecule has 0 radical (unpaired) electrons. The minimum absolute atomic E-state index is 0.160. The molecule has 2 aliphatic rings. The van der Waals surface area contributed by atoms with Crippen molar-refractivity contribution in [3.8, 4) is 0 Å². The van der Waals surface area contributed by atoms with Gasteiger partial charge in [0.25, 0.3) is 5.91 Å². The highest BCUT2D eigenvalue weighted by Gasteiger charge is 2.41.